The van der Waals surface area contributed by atoms with E-state index in [9.17, 15) is 4.79 Å². The molecule has 3 nitrogen and oxygen atoms in total. The van der Waals surface area contributed by atoms with Crippen LogP contribution in [0.15, 0.2) is 59.5 Å². The smallest absolute Gasteiger partial charge is 0.263 e. The highest BCUT2D eigenvalue weighted by Gasteiger charge is 2.08. The summed E-state index contributed by atoms with van der Waals surface area (Å²) in [4.78, 5) is 12.7. The molecule has 3 rings (SSSR count). The quantitative estimate of drug-likeness (QED) is 0.712. The Bertz CT molecular complexity index is 820. The monoisotopic (exact) mass is 265 g/mol. The molecule has 0 fully saturated rings. The molecule has 0 saturated carbocycles. The SMILES string of the molecule is COc1ccc2c(C)cn(-c3ccccc3)c(=O)c2c1. The Morgan fingerprint density at radius 1 is 1.00 bits per heavy atom. The molecule has 0 unspecified atom stereocenters. The third-order valence-corrected chi connectivity index (χ3v) is 3.46. The van der Waals surface area contributed by atoms with E-state index < -0.39 is 0 Å². The molecule has 1 aromatic heterocycles. The van der Waals surface area contributed by atoms with Crippen LogP contribution in [0.25, 0.3) is 16.5 Å². The van der Waals surface area contributed by atoms with E-state index in [1.807, 2.05) is 55.6 Å². The number of benzene rings is 2. The van der Waals surface area contributed by atoms with Gasteiger partial charge in [0.25, 0.3) is 5.56 Å². The van der Waals surface area contributed by atoms with Gasteiger partial charge in [-0.05, 0) is 42.1 Å². The van der Waals surface area contributed by atoms with Crippen LogP contribution in [0.4, 0.5) is 0 Å². The molecular formula is C17H15NO2. The number of hydrogen-bond donors (Lipinski definition) is 0. The Balaban J connectivity index is 2.36. The zero-order valence-electron chi connectivity index (χ0n) is 11.5. The first-order valence-corrected chi connectivity index (χ1v) is 6.46. The lowest BCUT2D eigenvalue weighted by Crippen LogP contribution is -2.18. The summed E-state index contributed by atoms with van der Waals surface area (Å²) in [6.45, 7) is 2.01. The van der Waals surface area contributed by atoms with Crippen molar-refractivity contribution in [1.82, 2.24) is 4.57 Å². The average Bonchev–Trinajstić information content (AvgIpc) is 2.51. The third kappa shape index (κ3) is 1.97. The molecule has 3 heteroatoms. The summed E-state index contributed by atoms with van der Waals surface area (Å²) in [6.07, 6.45) is 1.88. The van der Waals surface area contributed by atoms with Crippen LogP contribution in [-0.4, -0.2) is 11.7 Å². The van der Waals surface area contributed by atoms with Crippen molar-refractivity contribution in [1.29, 1.82) is 0 Å². The number of fused-ring (bicyclic) bond motifs is 1. The highest BCUT2D eigenvalue weighted by atomic mass is 16.5. The molecule has 0 bridgehead atoms. The summed E-state index contributed by atoms with van der Waals surface area (Å²) in [5, 5.41) is 1.64. The molecule has 0 radical (unpaired) electrons. The lowest BCUT2D eigenvalue weighted by molar-refractivity contribution is 0.415. The zero-order chi connectivity index (χ0) is 14.1. The minimum absolute atomic E-state index is 0.0318. The van der Waals surface area contributed by atoms with Crippen molar-refractivity contribution in [3.63, 3.8) is 0 Å². The lowest BCUT2D eigenvalue weighted by Gasteiger charge is -2.11. The van der Waals surface area contributed by atoms with E-state index in [-0.39, 0.29) is 5.56 Å². The lowest BCUT2D eigenvalue weighted by atomic mass is 10.1. The van der Waals surface area contributed by atoms with E-state index in [0.717, 1.165) is 16.6 Å². The number of rotatable bonds is 2. The standard InChI is InChI=1S/C17H15NO2/c1-12-11-18(13-6-4-3-5-7-13)17(19)16-10-14(20-2)8-9-15(12)16/h3-11H,1-2H3. The van der Waals surface area contributed by atoms with Crippen molar-refractivity contribution in [2.75, 3.05) is 7.11 Å². The van der Waals surface area contributed by atoms with E-state index in [1.54, 1.807) is 17.7 Å². The molecule has 1 heterocycles. The molecule has 0 aliphatic heterocycles. The molecule has 3 aromatic rings. The van der Waals surface area contributed by atoms with Crippen LogP contribution < -0.4 is 10.3 Å². The average molecular weight is 265 g/mol. The summed E-state index contributed by atoms with van der Waals surface area (Å²) in [5.41, 5.74) is 1.90. The summed E-state index contributed by atoms with van der Waals surface area (Å²) in [7, 11) is 1.60. The summed E-state index contributed by atoms with van der Waals surface area (Å²) in [5.74, 6) is 0.694. The van der Waals surface area contributed by atoms with Crippen molar-refractivity contribution in [3.05, 3.63) is 70.6 Å². The number of nitrogens with zero attached hydrogens (tertiary/aromatic N) is 1. The molecule has 0 atom stereocenters. The van der Waals surface area contributed by atoms with Gasteiger partial charge in [0, 0.05) is 11.9 Å². The van der Waals surface area contributed by atoms with Crippen LogP contribution in [0.1, 0.15) is 5.56 Å². The fraction of sp³-hybridized carbons (Fsp3) is 0.118. The second-order valence-electron chi connectivity index (χ2n) is 4.73. The maximum absolute atomic E-state index is 12.7. The number of pyridine rings is 1. The van der Waals surface area contributed by atoms with Gasteiger partial charge in [-0.1, -0.05) is 24.3 Å². The maximum Gasteiger partial charge on any atom is 0.263 e. The summed E-state index contributed by atoms with van der Waals surface area (Å²) in [6, 6.07) is 15.2. The molecule has 0 spiro atoms. The number of methoxy groups -OCH3 is 1. The maximum atomic E-state index is 12.7. The predicted molar refractivity (Wildman–Crippen MR) is 80.8 cm³/mol. The van der Waals surface area contributed by atoms with Crippen LogP contribution in [0.2, 0.25) is 0 Å². The second kappa shape index (κ2) is 4.85. The van der Waals surface area contributed by atoms with Gasteiger partial charge < -0.3 is 4.74 Å². The van der Waals surface area contributed by atoms with Gasteiger partial charge in [-0.2, -0.15) is 0 Å². The number of ether oxygens (including phenoxy) is 1. The number of hydrogen-bond acceptors (Lipinski definition) is 2. The number of aryl methyl sites for hydroxylation is 1. The second-order valence-corrected chi connectivity index (χ2v) is 4.73. The third-order valence-electron chi connectivity index (χ3n) is 3.46. The van der Waals surface area contributed by atoms with E-state index in [0.29, 0.717) is 11.1 Å². The molecule has 0 saturated heterocycles. The Morgan fingerprint density at radius 3 is 2.45 bits per heavy atom. The first kappa shape index (κ1) is 12.5. The predicted octanol–water partition coefficient (Wildman–Crippen LogP) is 3.31. The van der Waals surface area contributed by atoms with E-state index in [1.165, 1.54) is 0 Å². The van der Waals surface area contributed by atoms with Crippen LogP contribution in [-0.2, 0) is 0 Å². The van der Waals surface area contributed by atoms with Gasteiger partial charge in [-0.25, -0.2) is 0 Å². The molecule has 2 aromatic carbocycles. The Morgan fingerprint density at radius 2 is 1.75 bits per heavy atom. The van der Waals surface area contributed by atoms with Gasteiger partial charge in [0.1, 0.15) is 5.75 Å². The molecule has 0 aliphatic carbocycles. The number of para-hydroxylation sites is 1. The van der Waals surface area contributed by atoms with Gasteiger partial charge in [0.05, 0.1) is 12.5 Å². The van der Waals surface area contributed by atoms with E-state index in [2.05, 4.69) is 0 Å². The first-order valence-electron chi connectivity index (χ1n) is 6.46. The van der Waals surface area contributed by atoms with Gasteiger partial charge >= 0.3 is 0 Å². The number of aromatic nitrogens is 1. The minimum Gasteiger partial charge on any atom is -0.497 e. The van der Waals surface area contributed by atoms with Crippen molar-refractivity contribution in [2.45, 2.75) is 6.92 Å². The molecule has 0 aliphatic rings. The van der Waals surface area contributed by atoms with Crippen LogP contribution in [0.3, 0.4) is 0 Å². The van der Waals surface area contributed by atoms with Crippen molar-refractivity contribution >= 4 is 10.8 Å². The first-order chi connectivity index (χ1) is 9.70. The van der Waals surface area contributed by atoms with Gasteiger partial charge in [-0.15, -0.1) is 0 Å². The fourth-order valence-corrected chi connectivity index (χ4v) is 2.40. The van der Waals surface area contributed by atoms with Crippen LogP contribution >= 0.6 is 0 Å². The Labute approximate surface area is 117 Å². The molecule has 20 heavy (non-hydrogen) atoms. The summed E-state index contributed by atoms with van der Waals surface area (Å²) >= 11 is 0. The van der Waals surface area contributed by atoms with Gasteiger partial charge in [0.15, 0.2) is 0 Å². The van der Waals surface area contributed by atoms with Crippen LogP contribution in [0, 0.1) is 6.92 Å². The van der Waals surface area contributed by atoms with Gasteiger partial charge in [0.2, 0.25) is 0 Å². The highest BCUT2D eigenvalue weighted by Crippen LogP contribution is 2.21. The van der Waals surface area contributed by atoms with Crippen molar-refractivity contribution in [3.8, 4) is 11.4 Å². The molecule has 0 amide bonds. The summed E-state index contributed by atoms with van der Waals surface area (Å²) < 4.78 is 6.89. The van der Waals surface area contributed by atoms with Crippen molar-refractivity contribution in [2.24, 2.45) is 0 Å². The highest BCUT2D eigenvalue weighted by molar-refractivity contribution is 5.86. The molecule has 0 N–H and O–H groups in total. The van der Waals surface area contributed by atoms with E-state index >= 15 is 0 Å². The minimum atomic E-state index is -0.0318. The zero-order valence-corrected chi connectivity index (χ0v) is 11.5. The normalized spacial score (nSPS) is 10.7. The fourth-order valence-electron chi connectivity index (χ4n) is 2.40. The largest absolute Gasteiger partial charge is 0.497 e. The molecular weight excluding hydrogens is 250 g/mol. The molecule has 100 valence electrons. The Hall–Kier alpha value is -2.55. The van der Waals surface area contributed by atoms with Crippen molar-refractivity contribution < 1.29 is 4.74 Å². The van der Waals surface area contributed by atoms with Crippen LogP contribution in [0.5, 0.6) is 5.75 Å². The van der Waals surface area contributed by atoms with Gasteiger partial charge in [-0.3, -0.25) is 9.36 Å². The topological polar surface area (TPSA) is 31.2 Å². The van der Waals surface area contributed by atoms with E-state index in [4.69, 9.17) is 4.74 Å². The Kier molecular flexibility index (Phi) is 3.03.